The first-order chi connectivity index (χ1) is 14.5. The second-order valence-corrected chi connectivity index (χ2v) is 11.4. The van der Waals surface area contributed by atoms with Crippen molar-refractivity contribution in [1.82, 2.24) is 10.3 Å². The molecule has 1 saturated carbocycles. The summed E-state index contributed by atoms with van der Waals surface area (Å²) in [7, 11) is 0. The minimum atomic E-state index is -0.226. The summed E-state index contributed by atoms with van der Waals surface area (Å²) in [6, 6.07) is 5.82. The highest BCUT2D eigenvalue weighted by molar-refractivity contribution is 8.01. The third-order valence-corrected chi connectivity index (χ3v) is 6.61. The van der Waals surface area contributed by atoms with Gasteiger partial charge in [0.05, 0.1) is 16.0 Å². The lowest BCUT2D eigenvalue weighted by Crippen LogP contribution is -2.41. The quantitative estimate of drug-likeness (QED) is 0.527. The van der Waals surface area contributed by atoms with Crippen LogP contribution in [0.2, 0.25) is 0 Å². The molecule has 1 aliphatic rings. The van der Waals surface area contributed by atoms with Gasteiger partial charge in [0.2, 0.25) is 11.8 Å². The van der Waals surface area contributed by atoms with Crippen LogP contribution in [0, 0.1) is 5.92 Å². The first-order valence-electron chi connectivity index (χ1n) is 10.9. The van der Waals surface area contributed by atoms with Gasteiger partial charge in [0, 0.05) is 23.2 Å². The van der Waals surface area contributed by atoms with Crippen LogP contribution in [0.4, 0.5) is 5.69 Å². The Labute approximate surface area is 193 Å². The molecule has 2 aromatic rings. The van der Waals surface area contributed by atoms with Crippen LogP contribution in [-0.4, -0.2) is 39.3 Å². The highest BCUT2D eigenvalue weighted by atomic mass is 32.2. The van der Waals surface area contributed by atoms with Gasteiger partial charge in [0.1, 0.15) is 0 Å². The van der Waals surface area contributed by atoms with E-state index in [1.54, 1.807) is 25.2 Å². The SMILES string of the molecule is CC(C)(C)NC(=O)CSc1nc2ccc(NC(=O)C3CCCCC3)cc2s1.CC(C)O. The molecule has 0 unspecified atom stereocenters. The van der Waals surface area contributed by atoms with E-state index in [4.69, 9.17) is 5.11 Å². The highest BCUT2D eigenvalue weighted by Gasteiger charge is 2.21. The molecule has 0 bridgehead atoms. The summed E-state index contributed by atoms with van der Waals surface area (Å²) >= 11 is 3.00. The zero-order valence-electron chi connectivity index (χ0n) is 19.2. The number of fused-ring (bicyclic) bond motifs is 1. The number of carbonyl (C=O) groups excluding carboxylic acids is 2. The van der Waals surface area contributed by atoms with Gasteiger partial charge >= 0.3 is 0 Å². The van der Waals surface area contributed by atoms with Gasteiger partial charge < -0.3 is 15.7 Å². The van der Waals surface area contributed by atoms with Gasteiger partial charge in [0.25, 0.3) is 0 Å². The monoisotopic (exact) mass is 465 g/mol. The van der Waals surface area contributed by atoms with Gasteiger partial charge in [-0.1, -0.05) is 31.0 Å². The van der Waals surface area contributed by atoms with Gasteiger partial charge in [-0.05, 0) is 65.7 Å². The number of aromatic nitrogens is 1. The molecule has 0 atom stereocenters. The van der Waals surface area contributed by atoms with Crippen molar-refractivity contribution in [3.05, 3.63) is 18.2 Å². The van der Waals surface area contributed by atoms with Gasteiger partial charge in [-0.15, -0.1) is 11.3 Å². The molecule has 1 aromatic heterocycles. The number of benzene rings is 1. The normalized spacial score (nSPS) is 14.8. The summed E-state index contributed by atoms with van der Waals surface area (Å²) in [5.41, 5.74) is 1.49. The Bertz CT molecular complexity index is 866. The number of hydrogen-bond donors (Lipinski definition) is 3. The number of carbonyl (C=O) groups is 2. The summed E-state index contributed by atoms with van der Waals surface area (Å²) in [5, 5.41) is 14.1. The fourth-order valence-electron chi connectivity index (χ4n) is 3.23. The molecule has 1 aliphatic carbocycles. The second kappa shape index (κ2) is 11.8. The van der Waals surface area contributed by atoms with Crippen molar-refractivity contribution in [2.45, 2.75) is 82.7 Å². The molecule has 3 N–H and O–H groups in total. The zero-order valence-corrected chi connectivity index (χ0v) is 20.8. The van der Waals surface area contributed by atoms with Crippen LogP contribution < -0.4 is 10.6 Å². The number of nitrogens with one attached hydrogen (secondary N) is 2. The van der Waals surface area contributed by atoms with Crippen molar-refractivity contribution in [2.75, 3.05) is 11.1 Å². The number of amides is 2. The molecule has 2 amide bonds. The largest absolute Gasteiger partial charge is 0.394 e. The zero-order chi connectivity index (χ0) is 23.0. The molecular weight excluding hydrogens is 430 g/mol. The highest BCUT2D eigenvalue weighted by Crippen LogP contribution is 2.32. The summed E-state index contributed by atoms with van der Waals surface area (Å²) < 4.78 is 1.89. The Kier molecular flexibility index (Phi) is 9.78. The molecule has 3 rings (SSSR count). The van der Waals surface area contributed by atoms with E-state index in [0.717, 1.165) is 45.9 Å². The average molecular weight is 466 g/mol. The van der Waals surface area contributed by atoms with E-state index in [1.165, 1.54) is 18.2 Å². The van der Waals surface area contributed by atoms with Crippen molar-refractivity contribution in [2.24, 2.45) is 5.92 Å². The van der Waals surface area contributed by atoms with E-state index in [1.807, 2.05) is 39.0 Å². The fraction of sp³-hybridized carbons (Fsp3) is 0.609. The number of rotatable bonds is 5. The van der Waals surface area contributed by atoms with Crippen molar-refractivity contribution in [1.29, 1.82) is 0 Å². The minimum Gasteiger partial charge on any atom is -0.394 e. The van der Waals surface area contributed by atoms with Crippen LogP contribution in [-0.2, 0) is 9.59 Å². The van der Waals surface area contributed by atoms with Crippen LogP contribution in [0.3, 0.4) is 0 Å². The third kappa shape index (κ3) is 9.58. The molecule has 1 fully saturated rings. The molecular formula is C23H35N3O3S2. The number of nitrogens with zero attached hydrogens (tertiary/aromatic N) is 1. The van der Waals surface area contributed by atoms with Crippen LogP contribution in [0.25, 0.3) is 10.2 Å². The number of thiazole rings is 1. The number of anilines is 1. The number of aliphatic hydroxyl groups is 1. The average Bonchev–Trinajstić information content (AvgIpc) is 3.07. The van der Waals surface area contributed by atoms with Crippen LogP contribution in [0.1, 0.15) is 66.7 Å². The molecule has 172 valence electrons. The molecule has 0 saturated heterocycles. The van der Waals surface area contributed by atoms with E-state index < -0.39 is 0 Å². The standard InChI is InChI=1S/C20H27N3O2S2.C3H8O/c1-20(2,3)23-17(24)12-26-19-22-15-10-9-14(11-16(15)27-19)21-18(25)13-7-5-4-6-8-13;1-3(2)4/h9-11,13H,4-8,12H2,1-3H3,(H,21,25)(H,23,24);3-4H,1-2H3. The smallest absolute Gasteiger partial charge is 0.230 e. The van der Waals surface area contributed by atoms with Gasteiger partial charge in [-0.25, -0.2) is 4.98 Å². The Morgan fingerprint density at radius 3 is 2.48 bits per heavy atom. The molecule has 1 aromatic carbocycles. The van der Waals surface area contributed by atoms with E-state index in [9.17, 15) is 9.59 Å². The van der Waals surface area contributed by atoms with Crippen molar-refractivity contribution < 1.29 is 14.7 Å². The molecule has 0 spiro atoms. The predicted octanol–water partition coefficient (Wildman–Crippen LogP) is 5.21. The van der Waals surface area contributed by atoms with E-state index >= 15 is 0 Å². The lowest BCUT2D eigenvalue weighted by atomic mass is 9.88. The second-order valence-electron chi connectivity index (χ2n) is 9.17. The molecule has 0 aliphatic heterocycles. The lowest BCUT2D eigenvalue weighted by molar-refractivity contribution is -0.121. The van der Waals surface area contributed by atoms with Crippen molar-refractivity contribution >= 4 is 50.8 Å². The summed E-state index contributed by atoms with van der Waals surface area (Å²) in [6.07, 6.45) is 5.35. The maximum atomic E-state index is 12.4. The van der Waals surface area contributed by atoms with Gasteiger partial charge in [-0.2, -0.15) is 0 Å². The van der Waals surface area contributed by atoms with Gasteiger partial charge in [0.15, 0.2) is 4.34 Å². The Morgan fingerprint density at radius 1 is 1.23 bits per heavy atom. The van der Waals surface area contributed by atoms with E-state index in [-0.39, 0.29) is 29.4 Å². The summed E-state index contributed by atoms with van der Waals surface area (Å²) in [4.78, 5) is 29.0. The number of hydrogen-bond acceptors (Lipinski definition) is 6. The fourth-order valence-corrected chi connectivity index (χ4v) is 5.14. The molecule has 0 radical (unpaired) electrons. The van der Waals surface area contributed by atoms with Gasteiger partial charge in [-0.3, -0.25) is 9.59 Å². The summed E-state index contributed by atoms with van der Waals surface area (Å²) in [6.45, 7) is 9.35. The Morgan fingerprint density at radius 2 is 1.87 bits per heavy atom. The predicted molar refractivity (Wildman–Crippen MR) is 131 cm³/mol. The molecule has 1 heterocycles. The molecule has 6 nitrogen and oxygen atoms in total. The topological polar surface area (TPSA) is 91.3 Å². The van der Waals surface area contributed by atoms with E-state index in [2.05, 4.69) is 15.6 Å². The Balaban J connectivity index is 0.000000785. The minimum absolute atomic E-state index is 0.00666. The van der Waals surface area contributed by atoms with Crippen LogP contribution in [0.15, 0.2) is 22.5 Å². The maximum absolute atomic E-state index is 12.4. The van der Waals surface area contributed by atoms with Crippen molar-refractivity contribution in [3.8, 4) is 0 Å². The van der Waals surface area contributed by atoms with E-state index in [0.29, 0.717) is 5.75 Å². The van der Waals surface area contributed by atoms with Crippen molar-refractivity contribution in [3.63, 3.8) is 0 Å². The first-order valence-corrected chi connectivity index (χ1v) is 12.7. The first kappa shape index (κ1) is 25.6. The molecule has 31 heavy (non-hydrogen) atoms. The number of thioether (sulfide) groups is 1. The number of aliphatic hydroxyl groups excluding tert-OH is 1. The summed E-state index contributed by atoms with van der Waals surface area (Å²) in [5.74, 6) is 0.630. The van der Waals surface area contributed by atoms with Crippen LogP contribution >= 0.6 is 23.1 Å². The molecule has 8 heteroatoms. The maximum Gasteiger partial charge on any atom is 0.230 e. The lowest BCUT2D eigenvalue weighted by Gasteiger charge is -2.20. The third-order valence-electron chi connectivity index (χ3n) is 4.45. The van der Waals surface area contributed by atoms with Crippen LogP contribution in [0.5, 0.6) is 0 Å². The Hall–Kier alpha value is -1.64.